The average molecular weight is 305 g/mol. The zero-order valence-corrected chi connectivity index (χ0v) is 13.1. The number of ether oxygens (including phenoxy) is 1. The molecule has 2 N–H and O–H groups in total. The van der Waals surface area contributed by atoms with Crippen molar-refractivity contribution in [3.05, 3.63) is 24.3 Å². The molecule has 0 bridgehead atoms. The van der Waals surface area contributed by atoms with Crippen molar-refractivity contribution in [2.75, 3.05) is 24.6 Å². The summed E-state index contributed by atoms with van der Waals surface area (Å²) in [5.74, 6) is 0.802. The van der Waals surface area contributed by atoms with E-state index in [0.29, 0.717) is 26.1 Å². The molecule has 1 aliphatic heterocycles. The molecule has 1 atom stereocenters. The van der Waals surface area contributed by atoms with Gasteiger partial charge in [-0.3, -0.25) is 4.79 Å². The quantitative estimate of drug-likeness (QED) is 0.843. The van der Waals surface area contributed by atoms with Gasteiger partial charge in [-0.25, -0.2) is 4.79 Å². The van der Waals surface area contributed by atoms with Crippen LogP contribution in [0.3, 0.4) is 0 Å². The van der Waals surface area contributed by atoms with Gasteiger partial charge < -0.3 is 20.3 Å². The molecule has 3 amide bonds. The highest BCUT2D eigenvalue weighted by Gasteiger charge is 2.31. The van der Waals surface area contributed by atoms with E-state index in [-0.39, 0.29) is 18.0 Å². The molecule has 0 saturated carbocycles. The summed E-state index contributed by atoms with van der Waals surface area (Å²) < 4.78 is 5.39. The monoisotopic (exact) mass is 305 g/mol. The predicted octanol–water partition coefficient (Wildman–Crippen LogP) is 1.90. The number of nitrogens with one attached hydrogen (secondary N) is 2. The Balaban J connectivity index is 1.93. The number of nitrogens with zero attached hydrogens (tertiary/aromatic N) is 1. The third kappa shape index (κ3) is 4.13. The van der Waals surface area contributed by atoms with E-state index in [9.17, 15) is 9.59 Å². The van der Waals surface area contributed by atoms with Crippen LogP contribution in [0.15, 0.2) is 24.3 Å². The molecule has 2 rings (SSSR count). The van der Waals surface area contributed by atoms with Gasteiger partial charge in [0, 0.05) is 25.2 Å². The SMILES string of the molecule is CCCNC(=O)NC1CC(=O)N(c2ccc(OCC)cc2)C1. The Morgan fingerprint density at radius 3 is 2.68 bits per heavy atom. The summed E-state index contributed by atoms with van der Waals surface area (Å²) in [5.41, 5.74) is 0.826. The van der Waals surface area contributed by atoms with Crippen molar-refractivity contribution < 1.29 is 14.3 Å². The number of hydrogen-bond donors (Lipinski definition) is 2. The smallest absolute Gasteiger partial charge is 0.315 e. The largest absolute Gasteiger partial charge is 0.494 e. The van der Waals surface area contributed by atoms with E-state index in [1.165, 1.54) is 0 Å². The van der Waals surface area contributed by atoms with Crippen molar-refractivity contribution in [1.29, 1.82) is 0 Å². The molecular formula is C16H23N3O3. The fourth-order valence-corrected chi connectivity index (χ4v) is 2.42. The predicted molar refractivity (Wildman–Crippen MR) is 85.2 cm³/mol. The lowest BCUT2D eigenvalue weighted by atomic mass is 10.2. The molecule has 1 unspecified atom stereocenters. The summed E-state index contributed by atoms with van der Waals surface area (Å²) in [5, 5.41) is 5.59. The minimum atomic E-state index is -0.215. The van der Waals surface area contributed by atoms with Crippen LogP contribution in [-0.2, 0) is 4.79 Å². The normalized spacial score (nSPS) is 17.5. The van der Waals surface area contributed by atoms with Gasteiger partial charge in [-0.2, -0.15) is 0 Å². The highest BCUT2D eigenvalue weighted by Crippen LogP contribution is 2.24. The summed E-state index contributed by atoms with van der Waals surface area (Å²) >= 11 is 0. The molecule has 120 valence electrons. The Hall–Kier alpha value is -2.24. The third-order valence-electron chi connectivity index (χ3n) is 3.46. The van der Waals surface area contributed by atoms with Gasteiger partial charge >= 0.3 is 6.03 Å². The van der Waals surface area contributed by atoms with Crippen molar-refractivity contribution in [3.63, 3.8) is 0 Å². The molecule has 1 saturated heterocycles. The van der Waals surface area contributed by atoms with Crippen LogP contribution < -0.4 is 20.3 Å². The minimum Gasteiger partial charge on any atom is -0.494 e. The van der Waals surface area contributed by atoms with Gasteiger partial charge in [-0.05, 0) is 37.6 Å². The molecule has 0 spiro atoms. The number of rotatable bonds is 6. The van der Waals surface area contributed by atoms with Gasteiger partial charge in [-0.1, -0.05) is 6.92 Å². The van der Waals surface area contributed by atoms with Gasteiger partial charge in [0.2, 0.25) is 5.91 Å². The van der Waals surface area contributed by atoms with E-state index in [1.807, 2.05) is 38.1 Å². The maximum atomic E-state index is 12.1. The number of urea groups is 1. The van der Waals surface area contributed by atoms with Crippen LogP contribution in [0.2, 0.25) is 0 Å². The van der Waals surface area contributed by atoms with Gasteiger partial charge in [0.1, 0.15) is 5.75 Å². The third-order valence-corrected chi connectivity index (χ3v) is 3.46. The van der Waals surface area contributed by atoms with Gasteiger partial charge in [0.05, 0.1) is 12.6 Å². The maximum absolute atomic E-state index is 12.1. The molecule has 0 aromatic heterocycles. The minimum absolute atomic E-state index is 0.0185. The van der Waals surface area contributed by atoms with Crippen molar-refractivity contribution in [2.24, 2.45) is 0 Å². The molecule has 22 heavy (non-hydrogen) atoms. The Labute approximate surface area is 130 Å². The lowest BCUT2D eigenvalue weighted by Gasteiger charge is -2.18. The van der Waals surface area contributed by atoms with E-state index in [0.717, 1.165) is 17.9 Å². The topological polar surface area (TPSA) is 70.7 Å². The lowest BCUT2D eigenvalue weighted by molar-refractivity contribution is -0.117. The number of hydrogen-bond acceptors (Lipinski definition) is 3. The van der Waals surface area contributed by atoms with Gasteiger partial charge in [-0.15, -0.1) is 0 Å². The number of amides is 3. The zero-order valence-electron chi connectivity index (χ0n) is 13.1. The van der Waals surface area contributed by atoms with E-state index < -0.39 is 0 Å². The van der Waals surface area contributed by atoms with Crippen molar-refractivity contribution in [3.8, 4) is 5.75 Å². The number of carbonyl (C=O) groups excluding carboxylic acids is 2. The van der Waals surface area contributed by atoms with Crippen LogP contribution in [-0.4, -0.2) is 37.7 Å². The maximum Gasteiger partial charge on any atom is 0.315 e. The van der Waals surface area contributed by atoms with Gasteiger partial charge in [0.15, 0.2) is 0 Å². The fourth-order valence-electron chi connectivity index (χ4n) is 2.42. The molecule has 0 radical (unpaired) electrons. The number of carbonyl (C=O) groups is 2. The summed E-state index contributed by atoms with van der Waals surface area (Å²) in [6, 6.07) is 7.05. The Kier molecular flexibility index (Phi) is 5.63. The number of benzene rings is 1. The second-order valence-electron chi connectivity index (χ2n) is 5.23. The van der Waals surface area contributed by atoms with E-state index >= 15 is 0 Å². The zero-order chi connectivity index (χ0) is 15.9. The average Bonchev–Trinajstić information content (AvgIpc) is 2.87. The Morgan fingerprint density at radius 1 is 1.32 bits per heavy atom. The molecule has 6 nitrogen and oxygen atoms in total. The molecule has 1 heterocycles. The number of anilines is 1. The van der Waals surface area contributed by atoms with Gasteiger partial charge in [0.25, 0.3) is 0 Å². The first kappa shape index (κ1) is 16.1. The molecular weight excluding hydrogens is 282 g/mol. The molecule has 0 aliphatic carbocycles. The highest BCUT2D eigenvalue weighted by atomic mass is 16.5. The highest BCUT2D eigenvalue weighted by molar-refractivity contribution is 5.96. The van der Waals surface area contributed by atoms with Crippen LogP contribution in [0.25, 0.3) is 0 Å². The van der Waals surface area contributed by atoms with Crippen LogP contribution in [0, 0.1) is 0 Å². The first-order valence-electron chi connectivity index (χ1n) is 7.71. The lowest BCUT2D eigenvalue weighted by Crippen LogP contribution is -2.43. The fraction of sp³-hybridized carbons (Fsp3) is 0.500. The van der Waals surface area contributed by atoms with Crippen molar-refractivity contribution >= 4 is 17.6 Å². The standard InChI is InChI=1S/C16H23N3O3/c1-3-9-17-16(21)18-12-10-15(20)19(11-12)13-5-7-14(8-6-13)22-4-2/h5-8,12H,3-4,9-11H2,1-2H3,(H2,17,18,21). The van der Waals surface area contributed by atoms with E-state index in [2.05, 4.69) is 10.6 Å². The summed E-state index contributed by atoms with van der Waals surface area (Å²) in [6.45, 7) is 5.66. The van der Waals surface area contributed by atoms with Crippen LogP contribution in [0.1, 0.15) is 26.7 Å². The van der Waals surface area contributed by atoms with E-state index in [4.69, 9.17) is 4.74 Å². The van der Waals surface area contributed by atoms with E-state index in [1.54, 1.807) is 4.90 Å². The second-order valence-corrected chi connectivity index (χ2v) is 5.23. The molecule has 6 heteroatoms. The molecule has 1 aromatic carbocycles. The Morgan fingerprint density at radius 2 is 2.05 bits per heavy atom. The molecule has 1 fully saturated rings. The Bertz CT molecular complexity index is 516. The summed E-state index contributed by atoms with van der Waals surface area (Å²) in [4.78, 5) is 25.5. The first-order chi connectivity index (χ1) is 10.6. The first-order valence-corrected chi connectivity index (χ1v) is 7.71. The van der Waals surface area contributed by atoms with Crippen molar-refractivity contribution in [2.45, 2.75) is 32.7 Å². The molecule has 1 aromatic rings. The van der Waals surface area contributed by atoms with Crippen LogP contribution >= 0.6 is 0 Å². The molecule has 1 aliphatic rings. The summed E-state index contributed by atoms with van der Waals surface area (Å²) in [7, 11) is 0. The second kappa shape index (κ2) is 7.68. The van der Waals surface area contributed by atoms with Crippen LogP contribution in [0.5, 0.6) is 5.75 Å². The van der Waals surface area contributed by atoms with Crippen molar-refractivity contribution in [1.82, 2.24) is 10.6 Å². The summed E-state index contributed by atoms with van der Waals surface area (Å²) in [6.07, 6.45) is 1.21. The van der Waals surface area contributed by atoms with Crippen LogP contribution in [0.4, 0.5) is 10.5 Å².